The Morgan fingerprint density at radius 1 is 1.03 bits per heavy atom. The van der Waals surface area contributed by atoms with Crippen molar-refractivity contribution in [3.63, 3.8) is 0 Å². The second-order valence-electron chi connectivity index (χ2n) is 9.31. The number of benzene rings is 2. The van der Waals surface area contributed by atoms with Gasteiger partial charge in [0.1, 0.15) is 11.9 Å². The van der Waals surface area contributed by atoms with Crippen molar-refractivity contribution in [3.8, 4) is 5.75 Å². The van der Waals surface area contributed by atoms with Crippen LogP contribution in [0.1, 0.15) is 39.9 Å². The van der Waals surface area contributed by atoms with E-state index in [2.05, 4.69) is 34.5 Å². The molecule has 0 bridgehead atoms. The smallest absolute Gasteiger partial charge is 0.254 e. The number of aliphatic hydroxyl groups is 1. The van der Waals surface area contributed by atoms with Gasteiger partial charge in [-0.1, -0.05) is 24.3 Å². The Labute approximate surface area is 214 Å². The maximum atomic E-state index is 13.1. The number of nitrogens with zero attached hydrogens (tertiary/aromatic N) is 2. The summed E-state index contributed by atoms with van der Waals surface area (Å²) in [6.07, 6.45) is 3.67. The molecular formula is C26H35Cl2N3O3. The van der Waals surface area contributed by atoms with Gasteiger partial charge in [0, 0.05) is 44.8 Å². The average Bonchev–Trinajstić information content (AvgIpc) is 2.81. The molecule has 34 heavy (non-hydrogen) atoms. The number of hydrogen-bond donors (Lipinski definition) is 2. The summed E-state index contributed by atoms with van der Waals surface area (Å²) < 4.78 is 6.12. The molecule has 2 aromatic rings. The molecule has 1 amide bonds. The molecule has 3 heterocycles. The number of piperidine rings is 1. The van der Waals surface area contributed by atoms with Crippen LogP contribution in [-0.4, -0.2) is 72.3 Å². The summed E-state index contributed by atoms with van der Waals surface area (Å²) in [6, 6.07) is 14.4. The number of β-amino-alcohol motifs (C(OH)–C–C–N with tert-alkyl or cyclic N) is 1. The molecule has 3 aliphatic rings. The minimum atomic E-state index is -0.549. The summed E-state index contributed by atoms with van der Waals surface area (Å²) in [5, 5.41) is 14.1. The van der Waals surface area contributed by atoms with Gasteiger partial charge in [0.05, 0.1) is 6.10 Å². The van der Waals surface area contributed by atoms with E-state index in [1.165, 1.54) is 11.1 Å². The van der Waals surface area contributed by atoms with E-state index in [4.69, 9.17) is 4.74 Å². The van der Waals surface area contributed by atoms with Crippen molar-refractivity contribution in [1.29, 1.82) is 0 Å². The SMILES string of the molecule is Cl.Cl.O=C1c2ccc(OC3CCCNC3)cc2CCN1C[C@H](O)CN1CCc2ccccc2C1. The molecule has 0 radical (unpaired) electrons. The quantitative estimate of drug-likeness (QED) is 0.628. The van der Waals surface area contributed by atoms with Gasteiger partial charge in [-0.05, 0) is 67.1 Å². The van der Waals surface area contributed by atoms with Gasteiger partial charge < -0.3 is 20.1 Å². The standard InChI is InChI=1S/C26H33N3O3.2ClH/c30-22(17-28-12-9-19-4-1-2-5-21(19)16-28)18-29-13-10-20-14-23(7-8-25(20)26(29)31)32-24-6-3-11-27-15-24;;/h1-2,4-5,7-8,14,22,24,27,30H,3,6,9-13,15-18H2;2*1H/t22-,24?;;/m1../s1. The van der Waals surface area contributed by atoms with Crippen LogP contribution in [0.15, 0.2) is 42.5 Å². The van der Waals surface area contributed by atoms with E-state index < -0.39 is 6.10 Å². The fourth-order valence-corrected chi connectivity index (χ4v) is 5.19. The number of fused-ring (bicyclic) bond motifs is 2. The number of rotatable bonds is 6. The number of nitrogens with one attached hydrogen (secondary N) is 1. The normalized spacial score (nSPS) is 20.9. The van der Waals surface area contributed by atoms with Gasteiger partial charge in [0.25, 0.3) is 5.91 Å². The molecule has 0 aliphatic carbocycles. The summed E-state index contributed by atoms with van der Waals surface area (Å²) >= 11 is 0. The number of amides is 1. The number of halogens is 2. The molecule has 8 heteroatoms. The van der Waals surface area contributed by atoms with Crippen LogP contribution >= 0.6 is 24.8 Å². The zero-order chi connectivity index (χ0) is 21.9. The van der Waals surface area contributed by atoms with Crippen LogP contribution in [-0.2, 0) is 19.4 Å². The van der Waals surface area contributed by atoms with E-state index in [0.29, 0.717) is 19.6 Å². The predicted octanol–water partition coefficient (Wildman–Crippen LogP) is 3.08. The van der Waals surface area contributed by atoms with Crippen molar-refractivity contribution in [2.75, 3.05) is 39.3 Å². The van der Waals surface area contributed by atoms with Crippen molar-refractivity contribution in [2.45, 2.75) is 44.4 Å². The third-order valence-corrected chi connectivity index (χ3v) is 6.91. The lowest BCUT2D eigenvalue weighted by atomic mass is 9.98. The molecule has 186 valence electrons. The van der Waals surface area contributed by atoms with Gasteiger partial charge in [0.2, 0.25) is 0 Å². The Hall–Kier alpha value is -1.83. The molecule has 0 spiro atoms. The second-order valence-corrected chi connectivity index (χ2v) is 9.31. The zero-order valence-corrected chi connectivity index (χ0v) is 21.1. The Morgan fingerprint density at radius 2 is 1.82 bits per heavy atom. The summed E-state index contributed by atoms with van der Waals surface area (Å²) in [4.78, 5) is 17.2. The highest BCUT2D eigenvalue weighted by Gasteiger charge is 2.28. The van der Waals surface area contributed by atoms with E-state index in [1.807, 2.05) is 18.2 Å². The van der Waals surface area contributed by atoms with E-state index in [0.717, 1.165) is 68.7 Å². The van der Waals surface area contributed by atoms with E-state index in [-0.39, 0.29) is 36.8 Å². The molecular weight excluding hydrogens is 473 g/mol. The Kier molecular flexibility index (Phi) is 9.63. The highest BCUT2D eigenvalue weighted by Crippen LogP contribution is 2.26. The van der Waals surface area contributed by atoms with Crippen LogP contribution in [0.2, 0.25) is 0 Å². The molecule has 5 rings (SSSR count). The molecule has 1 unspecified atom stereocenters. The fraction of sp³-hybridized carbons (Fsp3) is 0.500. The predicted molar refractivity (Wildman–Crippen MR) is 138 cm³/mol. The van der Waals surface area contributed by atoms with Gasteiger partial charge in [0.15, 0.2) is 0 Å². The number of aliphatic hydroxyl groups excluding tert-OH is 1. The summed E-state index contributed by atoms with van der Waals surface area (Å²) in [7, 11) is 0. The maximum absolute atomic E-state index is 13.1. The lowest BCUT2D eigenvalue weighted by molar-refractivity contribution is 0.0492. The van der Waals surface area contributed by atoms with Crippen molar-refractivity contribution in [2.24, 2.45) is 0 Å². The van der Waals surface area contributed by atoms with Gasteiger partial charge >= 0.3 is 0 Å². The highest BCUT2D eigenvalue weighted by molar-refractivity contribution is 5.97. The number of carbonyl (C=O) groups is 1. The van der Waals surface area contributed by atoms with Crippen LogP contribution in [0.5, 0.6) is 5.75 Å². The van der Waals surface area contributed by atoms with E-state index >= 15 is 0 Å². The molecule has 0 saturated carbocycles. The molecule has 1 saturated heterocycles. The van der Waals surface area contributed by atoms with Gasteiger partial charge in [-0.25, -0.2) is 0 Å². The Morgan fingerprint density at radius 3 is 2.62 bits per heavy atom. The van der Waals surface area contributed by atoms with Gasteiger partial charge in [-0.15, -0.1) is 24.8 Å². The van der Waals surface area contributed by atoms with Crippen LogP contribution in [0, 0.1) is 0 Å². The molecule has 6 nitrogen and oxygen atoms in total. The molecule has 0 aromatic heterocycles. The van der Waals surface area contributed by atoms with Gasteiger partial charge in [-0.2, -0.15) is 0 Å². The van der Waals surface area contributed by atoms with Crippen molar-refractivity contribution >= 4 is 30.7 Å². The van der Waals surface area contributed by atoms with Crippen molar-refractivity contribution < 1.29 is 14.6 Å². The molecule has 2 N–H and O–H groups in total. The topological polar surface area (TPSA) is 65.0 Å². The Balaban J connectivity index is 0.00000162. The fourth-order valence-electron chi connectivity index (χ4n) is 5.19. The maximum Gasteiger partial charge on any atom is 0.254 e. The highest BCUT2D eigenvalue weighted by atomic mass is 35.5. The molecule has 2 atom stereocenters. The molecule has 2 aromatic carbocycles. The number of carbonyl (C=O) groups excluding carboxylic acids is 1. The first-order valence-electron chi connectivity index (χ1n) is 11.9. The second kappa shape index (κ2) is 12.2. The van der Waals surface area contributed by atoms with Crippen molar-refractivity contribution in [1.82, 2.24) is 15.1 Å². The zero-order valence-electron chi connectivity index (χ0n) is 19.4. The number of hydrogen-bond acceptors (Lipinski definition) is 5. The Bertz CT molecular complexity index is 968. The average molecular weight is 508 g/mol. The summed E-state index contributed by atoms with van der Waals surface area (Å²) in [6.45, 7) is 5.36. The largest absolute Gasteiger partial charge is 0.489 e. The summed E-state index contributed by atoms with van der Waals surface area (Å²) in [5.41, 5.74) is 4.54. The van der Waals surface area contributed by atoms with Crippen LogP contribution in [0.4, 0.5) is 0 Å². The van der Waals surface area contributed by atoms with Crippen LogP contribution in [0.25, 0.3) is 0 Å². The molecule has 3 aliphatic heterocycles. The molecule has 1 fully saturated rings. The third-order valence-electron chi connectivity index (χ3n) is 6.91. The third kappa shape index (κ3) is 6.23. The van der Waals surface area contributed by atoms with Crippen LogP contribution in [0.3, 0.4) is 0 Å². The van der Waals surface area contributed by atoms with Crippen molar-refractivity contribution in [3.05, 3.63) is 64.7 Å². The van der Waals surface area contributed by atoms with Gasteiger partial charge in [-0.3, -0.25) is 9.69 Å². The van der Waals surface area contributed by atoms with E-state index in [1.54, 1.807) is 4.90 Å². The van der Waals surface area contributed by atoms with Crippen LogP contribution < -0.4 is 10.1 Å². The lowest BCUT2D eigenvalue weighted by Gasteiger charge is -2.34. The lowest BCUT2D eigenvalue weighted by Crippen LogP contribution is -2.46. The minimum absolute atomic E-state index is 0. The first kappa shape index (κ1) is 26.8. The minimum Gasteiger partial charge on any atom is -0.489 e. The first-order valence-corrected chi connectivity index (χ1v) is 11.9. The number of ether oxygens (including phenoxy) is 1. The summed E-state index contributed by atoms with van der Waals surface area (Å²) in [5.74, 6) is 0.865. The first-order chi connectivity index (χ1) is 15.7. The van der Waals surface area contributed by atoms with E-state index in [9.17, 15) is 9.90 Å². The monoisotopic (exact) mass is 507 g/mol.